The zero-order valence-electron chi connectivity index (χ0n) is 12.1. The first-order valence-electron chi connectivity index (χ1n) is 6.31. The molecule has 0 bridgehead atoms. The number of halogens is 2. The molecule has 0 aromatic heterocycles. The summed E-state index contributed by atoms with van der Waals surface area (Å²) in [6.45, 7) is 1.99. The fourth-order valence-corrected chi connectivity index (χ4v) is 2.17. The Hall–Kier alpha value is -1.52. The zero-order valence-corrected chi connectivity index (χ0v) is 13.6. The van der Waals surface area contributed by atoms with Gasteiger partial charge in [-0.2, -0.15) is 0 Å². The number of hydrogen-bond donors (Lipinski definition) is 0. The van der Waals surface area contributed by atoms with Crippen LogP contribution in [0.2, 0.25) is 10.0 Å². The van der Waals surface area contributed by atoms with Crippen molar-refractivity contribution in [1.29, 1.82) is 0 Å². The van der Waals surface area contributed by atoms with Gasteiger partial charge in [-0.1, -0.05) is 36.2 Å². The average Bonchev–Trinajstić information content (AvgIpc) is 2.44. The molecule has 1 rings (SSSR count). The molecule has 1 amide bonds. The third kappa shape index (κ3) is 5.40. The number of carbonyl (C=O) groups is 2. The van der Waals surface area contributed by atoms with Gasteiger partial charge in [-0.3, -0.25) is 9.59 Å². The van der Waals surface area contributed by atoms with Crippen molar-refractivity contribution < 1.29 is 14.3 Å². The van der Waals surface area contributed by atoms with E-state index in [1.165, 1.54) is 18.1 Å². The van der Waals surface area contributed by atoms with Crippen LogP contribution in [0.25, 0.3) is 6.08 Å². The maximum atomic E-state index is 12.0. The van der Waals surface area contributed by atoms with Gasteiger partial charge in [-0.15, -0.1) is 0 Å². The molecule has 0 aliphatic carbocycles. The van der Waals surface area contributed by atoms with Crippen LogP contribution in [0.3, 0.4) is 0 Å². The summed E-state index contributed by atoms with van der Waals surface area (Å²) in [7, 11) is 2.94. The Morgan fingerprint density at radius 3 is 2.62 bits per heavy atom. The molecule has 114 valence electrons. The Balaban J connectivity index is 2.67. The lowest BCUT2D eigenvalue weighted by Gasteiger charge is -2.18. The molecule has 0 spiro atoms. The second kappa shape index (κ2) is 8.05. The number of amides is 1. The molecule has 1 aromatic rings. The number of nitrogens with zero attached hydrogens (tertiary/aromatic N) is 1. The normalized spacial score (nSPS) is 12.2. The molecule has 6 heteroatoms. The van der Waals surface area contributed by atoms with Crippen molar-refractivity contribution in [3.63, 3.8) is 0 Å². The summed E-state index contributed by atoms with van der Waals surface area (Å²) < 4.78 is 4.62. The molecule has 0 fully saturated rings. The topological polar surface area (TPSA) is 46.6 Å². The second-order valence-electron chi connectivity index (χ2n) is 4.64. The Kier molecular flexibility index (Phi) is 6.72. The summed E-state index contributed by atoms with van der Waals surface area (Å²) in [5.74, 6) is -0.951. The van der Waals surface area contributed by atoms with E-state index in [4.69, 9.17) is 23.2 Å². The molecule has 0 radical (unpaired) electrons. The molecule has 0 heterocycles. The number of esters is 1. The minimum absolute atomic E-state index is 0.225. The third-order valence-electron chi connectivity index (χ3n) is 2.90. The molecule has 0 N–H and O–H groups in total. The molecule has 1 unspecified atom stereocenters. The van der Waals surface area contributed by atoms with Crippen LogP contribution in [0, 0.1) is 5.92 Å². The summed E-state index contributed by atoms with van der Waals surface area (Å²) in [6, 6.07) is 5.03. The van der Waals surface area contributed by atoms with Crippen LogP contribution in [-0.2, 0) is 14.3 Å². The van der Waals surface area contributed by atoms with E-state index in [2.05, 4.69) is 4.74 Å². The van der Waals surface area contributed by atoms with Gasteiger partial charge in [0.05, 0.1) is 13.0 Å². The highest BCUT2D eigenvalue weighted by molar-refractivity contribution is 6.35. The minimum atomic E-state index is -0.378. The first kappa shape index (κ1) is 17.5. The van der Waals surface area contributed by atoms with Crippen molar-refractivity contribution in [1.82, 2.24) is 4.90 Å². The van der Waals surface area contributed by atoms with Crippen molar-refractivity contribution in [3.8, 4) is 0 Å². The Bertz CT molecular complexity index is 558. The van der Waals surface area contributed by atoms with Gasteiger partial charge in [-0.05, 0) is 23.8 Å². The SMILES string of the molecule is COC(=O)C(C)CN(C)C(=O)/C=C/c1ccc(Cl)cc1Cl. The average molecular weight is 330 g/mol. The third-order valence-corrected chi connectivity index (χ3v) is 3.46. The van der Waals surface area contributed by atoms with Crippen LogP contribution in [-0.4, -0.2) is 37.5 Å². The van der Waals surface area contributed by atoms with E-state index in [1.54, 1.807) is 38.2 Å². The lowest BCUT2D eigenvalue weighted by Crippen LogP contribution is -2.33. The summed E-state index contributed by atoms with van der Waals surface area (Å²) in [5, 5.41) is 1.00. The lowest BCUT2D eigenvalue weighted by molar-refractivity contribution is -0.145. The summed E-state index contributed by atoms with van der Waals surface area (Å²) >= 11 is 11.8. The van der Waals surface area contributed by atoms with E-state index in [0.717, 1.165) is 0 Å². The number of carbonyl (C=O) groups excluding carboxylic acids is 2. The molecule has 1 atom stereocenters. The number of hydrogen-bond acceptors (Lipinski definition) is 3. The van der Waals surface area contributed by atoms with E-state index in [9.17, 15) is 9.59 Å². The smallest absolute Gasteiger partial charge is 0.310 e. The van der Waals surface area contributed by atoms with Crippen molar-refractivity contribution in [2.45, 2.75) is 6.92 Å². The van der Waals surface area contributed by atoms with E-state index in [1.807, 2.05) is 0 Å². The number of benzene rings is 1. The Morgan fingerprint density at radius 2 is 2.05 bits per heavy atom. The highest BCUT2D eigenvalue weighted by Gasteiger charge is 2.17. The first-order valence-corrected chi connectivity index (χ1v) is 7.06. The van der Waals surface area contributed by atoms with E-state index in [0.29, 0.717) is 15.6 Å². The van der Waals surface area contributed by atoms with Crippen LogP contribution in [0.1, 0.15) is 12.5 Å². The summed E-state index contributed by atoms with van der Waals surface area (Å²) in [6.07, 6.45) is 3.01. The van der Waals surface area contributed by atoms with Crippen LogP contribution in [0.15, 0.2) is 24.3 Å². The monoisotopic (exact) mass is 329 g/mol. The molecule has 21 heavy (non-hydrogen) atoms. The molecule has 0 aliphatic rings. The van der Waals surface area contributed by atoms with Gasteiger partial charge < -0.3 is 9.64 Å². The zero-order chi connectivity index (χ0) is 16.0. The molecular weight excluding hydrogens is 313 g/mol. The minimum Gasteiger partial charge on any atom is -0.469 e. The maximum Gasteiger partial charge on any atom is 0.310 e. The lowest BCUT2D eigenvalue weighted by atomic mass is 10.1. The van der Waals surface area contributed by atoms with Gasteiger partial charge >= 0.3 is 5.97 Å². The van der Waals surface area contributed by atoms with E-state index in [-0.39, 0.29) is 24.3 Å². The van der Waals surface area contributed by atoms with Gasteiger partial charge in [0, 0.05) is 29.7 Å². The Labute approximate surface area is 134 Å². The second-order valence-corrected chi connectivity index (χ2v) is 5.49. The van der Waals surface area contributed by atoms with Crippen LogP contribution >= 0.6 is 23.2 Å². The number of methoxy groups -OCH3 is 1. The van der Waals surface area contributed by atoms with Crippen LogP contribution in [0.4, 0.5) is 0 Å². The number of likely N-dealkylation sites (N-methyl/N-ethyl adjacent to an activating group) is 1. The van der Waals surface area contributed by atoms with Gasteiger partial charge in [0.1, 0.15) is 0 Å². The predicted molar refractivity (Wildman–Crippen MR) is 84.3 cm³/mol. The van der Waals surface area contributed by atoms with Gasteiger partial charge in [-0.25, -0.2) is 0 Å². The molecule has 1 aromatic carbocycles. The van der Waals surface area contributed by atoms with Crippen molar-refractivity contribution >= 4 is 41.2 Å². The van der Waals surface area contributed by atoms with Crippen molar-refractivity contribution in [2.24, 2.45) is 5.92 Å². The van der Waals surface area contributed by atoms with Gasteiger partial charge in [0.2, 0.25) is 5.91 Å². The molecule has 0 saturated heterocycles. The van der Waals surface area contributed by atoms with Crippen molar-refractivity contribution in [3.05, 3.63) is 39.9 Å². The van der Waals surface area contributed by atoms with Crippen molar-refractivity contribution in [2.75, 3.05) is 20.7 Å². The largest absolute Gasteiger partial charge is 0.469 e. The Morgan fingerprint density at radius 1 is 1.38 bits per heavy atom. The van der Waals surface area contributed by atoms with Crippen LogP contribution < -0.4 is 0 Å². The van der Waals surface area contributed by atoms with E-state index < -0.39 is 0 Å². The quantitative estimate of drug-likeness (QED) is 0.615. The number of ether oxygens (including phenoxy) is 1. The van der Waals surface area contributed by atoms with Crippen LogP contribution in [0.5, 0.6) is 0 Å². The molecule has 0 aliphatic heterocycles. The number of rotatable bonds is 5. The van der Waals surface area contributed by atoms with Gasteiger partial charge in [0.15, 0.2) is 0 Å². The highest BCUT2D eigenvalue weighted by Crippen LogP contribution is 2.22. The fraction of sp³-hybridized carbons (Fsp3) is 0.333. The summed E-state index contributed by atoms with van der Waals surface area (Å²) in [4.78, 5) is 24.7. The predicted octanol–water partition coefficient (Wildman–Crippen LogP) is 3.27. The molecule has 4 nitrogen and oxygen atoms in total. The molecular formula is C15H17Cl2NO3. The maximum absolute atomic E-state index is 12.0. The fourth-order valence-electron chi connectivity index (χ4n) is 1.70. The molecule has 0 saturated carbocycles. The standard InChI is InChI=1S/C15H17Cl2NO3/c1-10(15(20)21-3)9-18(2)14(19)7-5-11-4-6-12(16)8-13(11)17/h4-8,10H,9H2,1-3H3/b7-5+. The van der Waals surface area contributed by atoms with Gasteiger partial charge in [0.25, 0.3) is 0 Å². The first-order chi connectivity index (χ1) is 9.85. The van der Waals surface area contributed by atoms with E-state index >= 15 is 0 Å². The highest BCUT2D eigenvalue weighted by atomic mass is 35.5. The summed E-state index contributed by atoms with van der Waals surface area (Å²) in [5.41, 5.74) is 0.698.